The van der Waals surface area contributed by atoms with Crippen molar-refractivity contribution in [2.24, 2.45) is 0 Å². The fourth-order valence-electron chi connectivity index (χ4n) is 1.36. The fourth-order valence-corrected chi connectivity index (χ4v) is 2.36. The molecule has 3 N–H and O–H groups in total. The van der Waals surface area contributed by atoms with Crippen LogP contribution in [0.1, 0.15) is 6.92 Å². The standard InChI is InChI=1S/C12H14ClN3O4S/c1-7(17)15-9(12(19)20)5-21-6-10(18)16-8-3-2-4-14-11(8)13/h2-4,9H,5-6H2,1H3,(H,15,17)(H,16,18)(H,19,20)/t9-/m0/s1. The third-order valence-electron chi connectivity index (χ3n) is 2.23. The number of rotatable bonds is 7. The van der Waals surface area contributed by atoms with E-state index in [0.29, 0.717) is 5.69 Å². The second kappa shape index (κ2) is 8.48. The predicted molar refractivity (Wildman–Crippen MR) is 80.4 cm³/mol. The first-order valence-corrected chi connectivity index (χ1v) is 7.41. The maximum Gasteiger partial charge on any atom is 0.327 e. The molecular formula is C12H14ClN3O4S. The van der Waals surface area contributed by atoms with Crippen LogP contribution in [-0.4, -0.2) is 45.4 Å². The van der Waals surface area contributed by atoms with E-state index in [1.165, 1.54) is 13.1 Å². The molecule has 0 aliphatic rings. The molecule has 0 unspecified atom stereocenters. The first kappa shape index (κ1) is 17.3. The van der Waals surface area contributed by atoms with Crippen LogP contribution in [0.4, 0.5) is 5.69 Å². The monoisotopic (exact) mass is 331 g/mol. The number of hydrogen-bond donors (Lipinski definition) is 3. The van der Waals surface area contributed by atoms with Gasteiger partial charge in [-0.15, -0.1) is 11.8 Å². The van der Waals surface area contributed by atoms with Gasteiger partial charge in [0.25, 0.3) is 0 Å². The van der Waals surface area contributed by atoms with Gasteiger partial charge in [-0.05, 0) is 12.1 Å². The number of carbonyl (C=O) groups excluding carboxylic acids is 2. The van der Waals surface area contributed by atoms with Crippen molar-refractivity contribution in [2.45, 2.75) is 13.0 Å². The summed E-state index contributed by atoms with van der Waals surface area (Å²) in [4.78, 5) is 37.2. The lowest BCUT2D eigenvalue weighted by Gasteiger charge is -2.12. The summed E-state index contributed by atoms with van der Waals surface area (Å²) in [6, 6.07) is 2.21. The lowest BCUT2D eigenvalue weighted by atomic mass is 10.3. The van der Waals surface area contributed by atoms with Gasteiger partial charge in [-0.25, -0.2) is 9.78 Å². The zero-order chi connectivity index (χ0) is 15.8. The van der Waals surface area contributed by atoms with Crippen molar-refractivity contribution in [3.05, 3.63) is 23.5 Å². The second-order valence-corrected chi connectivity index (χ2v) is 5.38. The molecule has 0 radical (unpaired) electrons. The van der Waals surface area contributed by atoms with Crippen LogP contribution in [0.5, 0.6) is 0 Å². The molecule has 1 aromatic rings. The largest absolute Gasteiger partial charge is 0.480 e. The molecule has 0 aromatic carbocycles. The first-order valence-electron chi connectivity index (χ1n) is 5.88. The Morgan fingerprint density at radius 1 is 1.48 bits per heavy atom. The molecule has 1 rings (SSSR count). The molecule has 0 fully saturated rings. The van der Waals surface area contributed by atoms with Gasteiger partial charge in [-0.2, -0.15) is 0 Å². The molecule has 0 saturated carbocycles. The van der Waals surface area contributed by atoms with Gasteiger partial charge in [0.1, 0.15) is 6.04 Å². The number of carboxylic acid groups (broad SMARTS) is 1. The highest BCUT2D eigenvalue weighted by Crippen LogP contribution is 2.17. The fraction of sp³-hybridized carbons (Fsp3) is 0.333. The van der Waals surface area contributed by atoms with Crippen LogP contribution >= 0.6 is 23.4 Å². The zero-order valence-corrected chi connectivity index (χ0v) is 12.7. The topological polar surface area (TPSA) is 108 Å². The predicted octanol–water partition coefficient (Wildman–Crippen LogP) is 0.996. The van der Waals surface area contributed by atoms with Gasteiger partial charge in [0.05, 0.1) is 11.4 Å². The average molecular weight is 332 g/mol. The summed E-state index contributed by atoms with van der Waals surface area (Å²) in [6.07, 6.45) is 1.50. The smallest absolute Gasteiger partial charge is 0.327 e. The number of nitrogens with zero attached hydrogens (tertiary/aromatic N) is 1. The van der Waals surface area contributed by atoms with Gasteiger partial charge in [0.2, 0.25) is 11.8 Å². The molecule has 0 saturated heterocycles. The molecule has 1 atom stereocenters. The van der Waals surface area contributed by atoms with Crippen LogP contribution in [0.2, 0.25) is 5.15 Å². The Morgan fingerprint density at radius 3 is 2.76 bits per heavy atom. The summed E-state index contributed by atoms with van der Waals surface area (Å²) in [5.41, 5.74) is 0.390. The van der Waals surface area contributed by atoms with Crippen molar-refractivity contribution in [3.8, 4) is 0 Å². The summed E-state index contributed by atoms with van der Waals surface area (Å²) in [5.74, 6) is -1.79. The number of amides is 2. The Morgan fingerprint density at radius 2 is 2.19 bits per heavy atom. The minimum atomic E-state index is -1.14. The Bertz CT molecular complexity index is 541. The average Bonchev–Trinajstić information content (AvgIpc) is 2.39. The van der Waals surface area contributed by atoms with E-state index in [9.17, 15) is 14.4 Å². The van der Waals surface area contributed by atoms with Gasteiger partial charge in [0.15, 0.2) is 5.15 Å². The Balaban J connectivity index is 2.41. The highest BCUT2D eigenvalue weighted by atomic mass is 35.5. The van der Waals surface area contributed by atoms with Crippen molar-refractivity contribution < 1.29 is 19.5 Å². The lowest BCUT2D eigenvalue weighted by molar-refractivity contribution is -0.140. The quantitative estimate of drug-likeness (QED) is 0.643. The number of thioether (sulfide) groups is 1. The maximum atomic E-state index is 11.7. The Kier molecular flexibility index (Phi) is 6.97. The number of aromatic nitrogens is 1. The molecule has 1 aromatic heterocycles. The van der Waals surface area contributed by atoms with Crippen molar-refractivity contribution in [1.29, 1.82) is 0 Å². The summed E-state index contributed by atoms with van der Waals surface area (Å²) < 4.78 is 0. The number of anilines is 1. The first-order chi connectivity index (χ1) is 9.90. The number of halogens is 1. The van der Waals surface area contributed by atoms with E-state index in [4.69, 9.17) is 16.7 Å². The number of nitrogens with one attached hydrogen (secondary N) is 2. The molecule has 9 heteroatoms. The summed E-state index contributed by atoms with van der Waals surface area (Å²) >= 11 is 6.89. The normalized spacial score (nSPS) is 11.5. The van der Waals surface area contributed by atoms with E-state index >= 15 is 0 Å². The van der Waals surface area contributed by atoms with Crippen LogP contribution in [0.25, 0.3) is 0 Å². The highest BCUT2D eigenvalue weighted by molar-refractivity contribution is 8.00. The minimum absolute atomic E-state index is 0.0363. The number of aliphatic carboxylic acids is 1. The van der Waals surface area contributed by atoms with Crippen molar-refractivity contribution in [1.82, 2.24) is 10.3 Å². The van der Waals surface area contributed by atoms with E-state index in [1.54, 1.807) is 12.1 Å². The highest BCUT2D eigenvalue weighted by Gasteiger charge is 2.18. The molecule has 1 heterocycles. The molecule has 0 aliphatic carbocycles. The molecule has 0 bridgehead atoms. The van der Waals surface area contributed by atoms with E-state index in [0.717, 1.165) is 11.8 Å². The SMILES string of the molecule is CC(=O)N[C@@H](CSCC(=O)Nc1cccnc1Cl)C(=O)O. The van der Waals surface area contributed by atoms with Crippen LogP contribution in [-0.2, 0) is 14.4 Å². The maximum absolute atomic E-state index is 11.7. The van der Waals surface area contributed by atoms with Crippen LogP contribution < -0.4 is 10.6 Å². The third kappa shape index (κ3) is 6.46. The third-order valence-corrected chi connectivity index (χ3v) is 3.56. The van der Waals surface area contributed by atoms with E-state index in [2.05, 4.69) is 15.6 Å². The summed E-state index contributed by atoms with van der Waals surface area (Å²) in [5, 5.41) is 13.9. The van der Waals surface area contributed by atoms with E-state index in [-0.39, 0.29) is 22.6 Å². The van der Waals surface area contributed by atoms with Gasteiger partial charge >= 0.3 is 5.97 Å². The summed E-state index contributed by atoms with van der Waals surface area (Å²) in [7, 11) is 0. The minimum Gasteiger partial charge on any atom is -0.480 e. The second-order valence-electron chi connectivity index (χ2n) is 4.00. The lowest BCUT2D eigenvalue weighted by Crippen LogP contribution is -2.41. The zero-order valence-electron chi connectivity index (χ0n) is 11.1. The van der Waals surface area contributed by atoms with Gasteiger partial charge in [0, 0.05) is 18.9 Å². The number of hydrogen-bond acceptors (Lipinski definition) is 5. The van der Waals surface area contributed by atoms with E-state index < -0.39 is 17.9 Å². The van der Waals surface area contributed by atoms with Gasteiger partial charge < -0.3 is 15.7 Å². The molecule has 7 nitrogen and oxygen atoms in total. The molecule has 21 heavy (non-hydrogen) atoms. The van der Waals surface area contributed by atoms with Crippen LogP contribution in [0.15, 0.2) is 18.3 Å². The molecule has 114 valence electrons. The molecule has 0 aliphatic heterocycles. The van der Waals surface area contributed by atoms with Crippen molar-refractivity contribution in [2.75, 3.05) is 16.8 Å². The van der Waals surface area contributed by atoms with Crippen LogP contribution in [0.3, 0.4) is 0 Å². The number of carbonyl (C=O) groups is 3. The van der Waals surface area contributed by atoms with Crippen molar-refractivity contribution >= 4 is 46.8 Å². The molecular weight excluding hydrogens is 318 g/mol. The molecule has 2 amide bonds. The van der Waals surface area contributed by atoms with Gasteiger partial charge in [-0.1, -0.05) is 11.6 Å². The van der Waals surface area contributed by atoms with Gasteiger partial charge in [-0.3, -0.25) is 9.59 Å². The summed E-state index contributed by atoms with van der Waals surface area (Å²) in [6.45, 7) is 1.23. The number of pyridine rings is 1. The number of carboxylic acids is 1. The molecule has 0 spiro atoms. The van der Waals surface area contributed by atoms with Crippen molar-refractivity contribution in [3.63, 3.8) is 0 Å². The Labute approximate surface area is 130 Å². The van der Waals surface area contributed by atoms with Crippen LogP contribution in [0, 0.1) is 0 Å². The Hall–Kier alpha value is -1.80. The van der Waals surface area contributed by atoms with E-state index in [1.807, 2.05) is 0 Å².